The van der Waals surface area contributed by atoms with Crippen LogP contribution >= 0.6 is 25.3 Å². The van der Waals surface area contributed by atoms with Crippen LogP contribution in [0.5, 0.6) is 0 Å². The van der Waals surface area contributed by atoms with Crippen LogP contribution in [-0.2, 0) is 43.2 Å². The minimum Gasteiger partial charge on any atom is -0.480 e. The van der Waals surface area contributed by atoms with Gasteiger partial charge in [0, 0.05) is 17.9 Å². The number of hydrogen-bond donors (Lipinski definition) is 19. The molecule has 28 heteroatoms. The Kier molecular flexibility index (Phi) is 50.7. The number of thiol groups is 2. The van der Waals surface area contributed by atoms with Gasteiger partial charge in [-0.05, 0) is 44.6 Å². The molecular weight excluding hydrogens is 835 g/mol. The summed E-state index contributed by atoms with van der Waals surface area (Å²) < 4.78 is 0. The van der Waals surface area contributed by atoms with Crippen LogP contribution in [0.25, 0.3) is 0 Å². The normalized spacial score (nSPS) is 14.9. The highest BCUT2D eigenvalue weighted by Crippen LogP contribution is 2.03. The van der Waals surface area contributed by atoms with Gasteiger partial charge in [-0.1, -0.05) is 27.7 Å². The lowest BCUT2D eigenvalue weighted by molar-refractivity contribution is -0.140. The molecule has 7 atom stereocenters. The molecule has 1 amide bonds. The Morgan fingerprint density at radius 1 is 0.593 bits per heavy atom. The molecule has 1 aliphatic rings. The first-order valence-electron chi connectivity index (χ1n) is 17.0. The lowest BCUT2D eigenvalue weighted by atomic mass is 10.1. The number of carbonyl (C=O) groups is 9. The van der Waals surface area contributed by atoms with Crippen molar-refractivity contribution in [2.75, 3.05) is 24.6 Å². The van der Waals surface area contributed by atoms with Crippen LogP contribution in [0.3, 0.4) is 0 Å². The summed E-state index contributed by atoms with van der Waals surface area (Å²) >= 11 is 7.30. The first-order valence-corrected chi connectivity index (χ1v) is 18.3. The van der Waals surface area contributed by atoms with Crippen molar-refractivity contribution in [3.63, 3.8) is 0 Å². The molecule has 26 nitrogen and oxygen atoms in total. The lowest BCUT2D eigenvalue weighted by Gasteiger charge is -2.07. The number of amides is 1. The molecule has 0 saturated carbocycles. The zero-order chi connectivity index (χ0) is 48.8. The van der Waals surface area contributed by atoms with Crippen molar-refractivity contribution in [2.24, 2.45) is 57.7 Å². The number of rotatable bonds is 15. The van der Waals surface area contributed by atoms with E-state index in [1.165, 1.54) is 6.92 Å². The Hall–Kier alpha value is -4.39. The van der Waals surface area contributed by atoms with Crippen LogP contribution in [0.2, 0.25) is 0 Å². The highest BCUT2D eigenvalue weighted by atomic mass is 32.1. The van der Waals surface area contributed by atoms with Crippen LogP contribution in [0.4, 0.5) is 0 Å². The standard InChI is InChI=1S/C5H10N2O3.C5H9NO2.2C5H11NO2.2C3H7NO2S.C3H7NO2.C2H5NO2/c6-3(5(9)10)1-2-4(7)8;7-5(8)4-2-1-3-6-4;2*1-3(2)4(6)5(7)8;2*4-2(1-7)3(5)6;1-2(4)3(5)6;3-1-2(4)5/h3H,1-2,6H2,(H2,7,8)(H,9,10);4,6H,1-3H2,(H,7,8);2*3-4H,6H2,1-2H3,(H,7,8);2*2,7H,1,4H2,(H,5,6);2H,4H2,1H3,(H,5,6);1,3H2,(H,4,5)/t3-;3*4-;3*2-;/m0000000./s1. The van der Waals surface area contributed by atoms with E-state index in [1.807, 2.05) is 0 Å². The number of hydrogen-bond acceptors (Lipinski definition) is 19. The van der Waals surface area contributed by atoms with E-state index in [0.717, 1.165) is 19.4 Å². The average Bonchev–Trinajstić information content (AvgIpc) is 3.70. The maximum Gasteiger partial charge on any atom is 0.321 e. The van der Waals surface area contributed by atoms with Crippen LogP contribution < -0.4 is 51.2 Å². The summed E-state index contributed by atoms with van der Waals surface area (Å²) in [6.45, 7) is 9.11. The van der Waals surface area contributed by atoms with E-state index in [2.05, 4.69) is 36.3 Å². The molecule has 0 bridgehead atoms. The molecule has 1 heterocycles. The van der Waals surface area contributed by atoms with Crippen LogP contribution in [0, 0.1) is 11.8 Å². The quantitative estimate of drug-likeness (QED) is 0.0691. The van der Waals surface area contributed by atoms with Gasteiger partial charge >= 0.3 is 47.8 Å². The first-order chi connectivity index (χ1) is 26.7. The lowest BCUT2D eigenvalue weighted by Crippen LogP contribution is -2.34. The molecular formula is C31H67N9O17S2. The maximum absolute atomic E-state index is 10.1. The third-order valence-electron chi connectivity index (χ3n) is 5.98. The van der Waals surface area contributed by atoms with E-state index in [-0.39, 0.29) is 48.8 Å². The Balaban J connectivity index is -0.000000105. The maximum atomic E-state index is 10.1. The summed E-state index contributed by atoms with van der Waals surface area (Å²) in [6, 6.07) is -5.04. The molecule has 350 valence electrons. The van der Waals surface area contributed by atoms with Gasteiger partial charge in [-0.3, -0.25) is 43.2 Å². The second-order valence-corrected chi connectivity index (χ2v) is 12.9. The van der Waals surface area contributed by atoms with Crippen molar-refractivity contribution < 1.29 is 84.0 Å². The van der Waals surface area contributed by atoms with Gasteiger partial charge in [-0.25, -0.2) is 0 Å². The third kappa shape index (κ3) is 58.0. The van der Waals surface area contributed by atoms with E-state index >= 15 is 0 Å². The highest BCUT2D eigenvalue weighted by Gasteiger charge is 2.20. The van der Waals surface area contributed by atoms with Crippen molar-refractivity contribution in [1.82, 2.24) is 5.32 Å². The molecule has 0 aliphatic carbocycles. The molecule has 0 unspecified atom stereocenters. The first kappa shape index (κ1) is 69.2. The molecule has 0 aromatic carbocycles. The summed E-state index contributed by atoms with van der Waals surface area (Å²) in [5, 5.41) is 67.4. The van der Waals surface area contributed by atoms with Gasteiger partial charge in [-0.2, -0.15) is 25.3 Å². The van der Waals surface area contributed by atoms with Crippen LogP contribution in [0.15, 0.2) is 0 Å². The minimum atomic E-state index is -1.11. The van der Waals surface area contributed by atoms with E-state index in [1.54, 1.807) is 27.7 Å². The number of aliphatic carboxylic acids is 8. The van der Waals surface area contributed by atoms with E-state index in [9.17, 15) is 43.2 Å². The molecule has 1 fully saturated rings. The number of carboxylic acid groups (broad SMARTS) is 8. The van der Waals surface area contributed by atoms with Crippen LogP contribution in [0.1, 0.15) is 60.3 Å². The summed E-state index contributed by atoms with van der Waals surface area (Å²) in [7, 11) is 0. The Morgan fingerprint density at radius 2 is 0.898 bits per heavy atom. The summed E-state index contributed by atoms with van der Waals surface area (Å²) in [5.41, 5.74) is 39.4. The monoisotopic (exact) mass is 901 g/mol. The molecule has 0 spiro atoms. The van der Waals surface area contributed by atoms with E-state index in [0.29, 0.717) is 0 Å². The number of primary amides is 1. The van der Waals surface area contributed by atoms with E-state index in [4.69, 9.17) is 81.0 Å². The molecule has 0 aromatic rings. The fraction of sp³-hybridized carbons (Fsp3) is 0.710. The van der Waals surface area contributed by atoms with Gasteiger partial charge in [0.05, 0.1) is 6.54 Å². The molecule has 1 rings (SSSR count). The predicted octanol–water partition coefficient (Wildman–Crippen LogP) is -4.30. The molecule has 1 aliphatic heterocycles. The number of carboxylic acids is 8. The van der Waals surface area contributed by atoms with Crippen molar-refractivity contribution >= 4 is 78.9 Å². The van der Waals surface area contributed by atoms with Crippen molar-refractivity contribution in [1.29, 1.82) is 0 Å². The fourth-order valence-electron chi connectivity index (χ4n) is 2.04. The molecule has 0 radical (unpaired) electrons. The van der Waals surface area contributed by atoms with Crippen molar-refractivity contribution in [2.45, 2.75) is 103 Å². The van der Waals surface area contributed by atoms with Crippen molar-refractivity contribution in [3.8, 4) is 0 Å². The Bertz CT molecular complexity index is 1150. The smallest absolute Gasteiger partial charge is 0.321 e. The minimum absolute atomic E-state index is 0.0208. The van der Waals surface area contributed by atoms with Gasteiger partial charge in [0.1, 0.15) is 42.3 Å². The molecule has 0 aromatic heterocycles. The summed E-state index contributed by atoms with van der Waals surface area (Å²) in [4.78, 5) is 88.6. The molecule has 25 N–H and O–H groups in total. The highest BCUT2D eigenvalue weighted by molar-refractivity contribution is 7.80. The largest absolute Gasteiger partial charge is 0.480 e. The fourth-order valence-corrected chi connectivity index (χ4v) is 2.36. The Labute approximate surface area is 352 Å². The number of nitrogens with one attached hydrogen (secondary N) is 1. The third-order valence-corrected chi connectivity index (χ3v) is 6.76. The zero-order valence-electron chi connectivity index (χ0n) is 33.6. The second kappa shape index (κ2) is 43.2. The predicted molar refractivity (Wildman–Crippen MR) is 221 cm³/mol. The van der Waals surface area contributed by atoms with Gasteiger partial charge < -0.3 is 92.0 Å². The SMILES string of the molecule is CC(C)[C@H](N)C(=O)O.CC(C)[C@H](N)C(=O)O.C[C@H](N)C(=O)O.NC(=O)CC[C@H](N)C(=O)O.NCC(=O)O.N[C@@H](CS)C(=O)O.N[C@@H](CS)C(=O)O.O=C(O)[C@@H]1CCCN1. The van der Waals surface area contributed by atoms with Crippen molar-refractivity contribution in [3.05, 3.63) is 0 Å². The second-order valence-electron chi connectivity index (χ2n) is 12.1. The Morgan fingerprint density at radius 3 is 0.983 bits per heavy atom. The summed E-state index contributed by atoms with van der Waals surface area (Å²) in [6.07, 6.45) is 1.91. The number of carbonyl (C=O) groups excluding carboxylic acids is 1. The summed E-state index contributed by atoms with van der Waals surface area (Å²) in [5.74, 6) is -7.74. The van der Waals surface area contributed by atoms with Crippen LogP contribution in [-0.4, -0.2) is 161 Å². The van der Waals surface area contributed by atoms with Gasteiger partial charge in [0.25, 0.3) is 0 Å². The van der Waals surface area contributed by atoms with Gasteiger partial charge in [0.15, 0.2) is 0 Å². The molecule has 1 saturated heterocycles. The topological polar surface area (TPSA) is 536 Å². The average molecular weight is 902 g/mol. The zero-order valence-corrected chi connectivity index (χ0v) is 35.4. The van der Waals surface area contributed by atoms with Gasteiger partial charge in [-0.15, -0.1) is 0 Å². The molecule has 59 heavy (non-hydrogen) atoms. The van der Waals surface area contributed by atoms with E-state index < -0.39 is 89.9 Å². The number of nitrogens with two attached hydrogens (primary N) is 8. The van der Waals surface area contributed by atoms with Gasteiger partial charge in [0.2, 0.25) is 5.91 Å².